The Morgan fingerprint density at radius 2 is 1.65 bits per heavy atom. The maximum absolute atomic E-state index is 13.4. The molecule has 0 N–H and O–H groups in total. The predicted octanol–water partition coefficient (Wildman–Crippen LogP) is 6.23. The minimum atomic E-state index is 0.0210. The predicted molar refractivity (Wildman–Crippen MR) is 126 cm³/mol. The summed E-state index contributed by atoms with van der Waals surface area (Å²) < 4.78 is 5.34. The van der Waals surface area contributed by atoms with E-state index in [0.29, 0.717) is 13.0 Å². The summed E-state index contributed by atoms with van der Waals surface area (Å²) in [6.07, 6.45) is 0.458. The highest BCUT2D eigenvalue weighted by atomic mass is 16.5. The van der Waals surface area contributed by atoms with Gasteiger partial charge in [-0.1, -0.05) is 66.7 Å². The molecule has 1 atom stereocenters. The van der Waals surface area contributed by atoms with Crippen molar-refractivity contribution in [2.45, 2.75) is 25.8 Å². The molecule has 4 aromatic carbocycles. The number of carbonyl (C=O) groups is 1. The van der Waals surface area contributed by atoms with Crippen LogP contribution in [0.25, 0.3) is 10.8 Å². The average molecular weight is 408 g/mol. The second-order valence-corrected chi connectivity index (χ2v) is 8.16. The van der Waals surface area contributed by atoms with Crippen LogP contribution < -0.4 is 9.64 Å². The van der Waals surface area contributed by atoms with Crippen LogP contribution >= 0.6 is 0 Å². The van der Waals surface area contributed by atoms with Crippen molar-refractivity contribution in [2.75, 3.05) is 12.0 Å². The summed E-state index contributed by atoms with van der Waals surface area (Å²) in [6, 6.07) is 29.1. The van der Waals surface area contributed by atoms with Gasteiger partial charge in [0.25, 0.3) is 0 Å². The second-order valence-electron chi connectivity index (χ2n) is 8.16. The number of amides is 1. The van der Waals surface area contributed by atoms with Gasteiger partial charge in [0, 0.05) is 18.0 Å². The molecule has 0 radical (unpaired) electrons. The molecule has 1 heterocycles. The van der Waals surface area contributed by atoms with Gasteiger partial charge >= 0.3 is 0 Å². The molecule has 154 valence electrons. The minimum Gasteiger partial charge on any atom is -0.497 e. The van der Waals surface area contributed by atoms with Crippen molar-refractivity contribution >= 4 is 22.4 Å². The Morgan fingerprint density at radius 1 is 0.903 bits per heavy atom. The lowest BCUT2D eigenvalue weighted by molar-refractivity contribution is -0.119. The highest BCUT2D eigenvalue weighted by Gasteiger charge is 2.33. The fourth-order valence-electron chi connectivity index (χ4n) is 4.66. The smallest absolute Gasteiger partial charge is 0.228 e. The molecule has 0 saturated carbocycles. The molecule has 1 aliphatic rings. The van der Waals surface area contributed by atoms with Gasteiger partial charge in [0.2, 0.25) is 5.91 Å². The van der Waals surface area contributed by atoms with Crippen LogP contribution in [0.1, 0.15) is 34.6 Å². The van der Waals surface area contributed by atoms with E-state index < -0.39 is 0 Å². The van der Waals surface area contributed by atoms with Gasteiger partial charge in [-0.15, -0.1) is 0 Å². The average Bonchev–Trinajstić information content (AvgIpc) is 2.81. The molecule has 3 nitrogen and oxygen atoms in total. The molecule has 4 aromatic rings. The Kier molecular flexibility index (Phi) is 4.95. The Labute approximate surface area is 182 Å². The standard InChI is InChI=1S/C28H25NO2/c1-19-7-3-4-9-22(19)18-29-26-16-13-20-8-5-6-10-24(20)28(26)25(17-27(29)30)21-11-14-23(31-2)15-12-21/h3-16,25H,17-18H2,1-2H3. The number of methoxy groups -OCH3 is 1. The molecular weight excluding hydrogens is 382 g/mol. The fourth-order valence-corrected chi connectivity index (χ4v) is 4.66. The van der Waals surface area contributed by atoms with Crippen LogP contribution in [0, 0.1) is 6.92 Å². The van der Waals surface area contributed by atoms with E-state index in [9.17, 15) is 4.79 Å². The van der Waals surface area contributed by atoms with E-state index in [1.807, 2.05) is 29.2 Å². The molecule has 1 aliphatic heterocycles. The third-order valence-electron chi connectivity index (χ3n) is 6.37. The normalized spacial score (nSPS) is 15.7. The van der Waals surface area contributed by atoms with E-state index >= 15 is 0 Å². The molecule has 1 unspecified atom stereocenters. The van der Waals surface area contributed by atoms with Gasteiger partial charge in [-0.2, -0.15) is 0 Å². The number of rotatable bonds is 4. The number of hydrogen-bond acceptors (Lipinski definition) is 2. The molecule has 1 amide bonds. The Balaban J connectivity index is 1.67. The van der Waals surface area contributed by atoms with Crippen LogP contribution in [-0.4, -0.2) is 13.0 Å². The van der Waals surface area contributed by atoms with Gasteiger partial charge in [0.05, 0.1) is 13.7 Å². The number of hydrogen-bond donors (Lipinski definition) is 0. The first kappa shape index (κ1) is 19.4. The Hall–Kier alpha value is -3.59. The summed E-state index contributed by atoms with van der Waals surface area (Å²) in [5.74, 6) is 1.00. The lowest BCUT2D eigenvalue weighted by Crippen LogP contribution is -2.36. The largest absolute Gasteiger partial charge is 0.497 e. The quantitative estimate of drug-likeness (QED) is 0.402. The van der Waals surface area contributed by atoms with Crippen molar-refractivity contribution in [3.8, 4) is 5.75 Å². The van der Waals surface area contributed by atoms with Crippen LogP contribution in [0.15, 0.2) is 84.9 Å². The van der Waals surface area contributed by atoms with E-state index in [2.05, 4.69) is 67.6 Å². The molecule has 5 rings (SSSR count). The second kappa shape index (κ2) is 7.92. The topological polar surface area (TPSA) is 29.5 Å². The molecule has 0 bridgehead atoms. The van der Waals surface area contributed by atoms with Crippen molar-refractivity contribution in [1.82, 2.24) is 0 Å². The Morgan fingerprint density at radius 3 is 2.42 bits per heavy atom. The first-order valence-corrected chi connectivity index (χ1v) is 10.7. The van der Waals surface area contributed by atoms with Crippen molar-refractivity contribution in [1.29, 1.82) is 0 Å². The van der Waals surface area contributed by atoms with Crippen molar-refractivity contribution in [2.24, 2.45) is 0 Å². The number of ether oxygens (including phenoxy) is 1. The van der Waals surface area contributed by atoms with Crippen LogP contribution in [0.2, 0.25) is 0 Å². The fraction of sp³-hybridized carbons (Fsp3) is 0.179. The van der Waals surface area contributed by atoms with Gasteiger partial charge < -0.3 is 9.64 Å². The van der Waals surface area contributed by atoms with Crippen molar-refractivity contribution in [3.63, 3.8) is 0 Å². The first-order chi connectivity index (χ1) is 15.2. The number of aryl methyl sites for hydroxylation is 1. The molecule has 0 fully saturated rings. The highest BCUT2D eigenvalue weighted by Crippen LogP contribution is 2.44. The van der Waals surface area contributed by atoms with Gasteiger partial charge in [-0.25, -0.2) is 0 Å². The third kappa shape index (κ3) is 3.46. The molecule has 31 heavy (non-hydrogen) atoms. The van der Waals surface area contributed by atoms with Crippen LogP contribution in [-0.2, 0) is 11.3 Å². The molecule has 0 spiro atoms. The number of fused-ring (bicyclic) bond motifs is 3. The van der Waals surface area contributed by atoms with Crippen LogP contribution in [0.3, 0.4) is 0 Å². The van der Waals surface area contributed by atoms with E-state index in [1.165, 1.54) is 27.5 Å². The number of carbonyl (C=O) groups excluding carboxylic acids is 1. The Bertz CT molecular complexity index is 1260. The molecule has 0 aliphatic carbocycles. The zero-order valence-corrected chi connectivity index (χ0v) is 17.8. The summed E-state index contributed by atoms with van der Waals surface area (Å²) in [5.41, 5.74) is 5.77. The van der Waals surface area contributed by atoms with E-state index in [4.69, 9.17) is 4.74 Å². The van der Waals surface area contributed by atoms with Gasteiger partial charge in [-0.05, 0) is 58.1 Å². The molecular formula is C28H25NO2. The molecule has 0 saturated heterocycles. The van der Waals surface area contributed by atoms with E-state index in [0.717, 1.165) is 17.0 Å². The SMILES string of the molecule is COc1ccc(C2CC(=O)N(Cc3ccccc3C)c3ccc4ccccc4c32)cc1. The lowest BCUT2D eigenvalue weighted by atomic mass is 9.81. The van der Waals surface area contributed by atoms with E-state index in [1.54, 1.807) is 7.11 Å². The summed E-state index contributed by atoms with van der Waals surface area (Å²) in [5, 5.41) is 2.41. The maximum atomic E-state index is 13.4. The van der Waals surface area contributed by atoms with Crippen LogP contribution in [0.5, 0.6) is 5.75 Å². The van der Waals surface area contributed by atoms with Crippen molar-refractivity contribution < 1.29 is 9.53 Å². The number of anilines is 1. The number of nitrogens with zero attached hydrogens (tertiary/aromatic N) is 1. The first-order valence-electron chi connectivity index (χ1n) is 10.7. The lowest BCUT2D eigenvalue weighted by Gasteiger charge is -2.35. The minimum absolute atomic E-state index is 0.0210. The molecule has 3 heteroatoms. The third-order valence-corrected chi connectivity index (χ3v) is 6.37. The summed E-state index contributed by atoms with van der Waals surface area (Å²) in [6.45, 7) is 2.69. The zero-order valence-electron chi connectivity index (χ0n) is 17.8. The van der Waals surface area contributed by atoms with E-state index in [-0.39, 0.29) is 11.8 Å². The zero-order chi connectivity index (χ0) is 21.4. The number of benzene rings is 4. The highest BCUT2D eigenvalue weighted by molar-refractivity contribution is 6.03. The summed E-state index contributed by atoms with van der Waals surface area (Å²) in [4.78, 5) is 15.4. The summed E-state index contributed by atoms with van der Waals surface area (Å²) >= 11 is 0. The van der Waals surface area contributed by atoms with Crippen LogP contribution in [0.4, 0.5) is 5.69 Å². The van der Waals surface area contributed by atoms with Gasteiger partial charge in [0.15, 0.2) is 0 Å². The molecule has 0 aromatic heterocycles. The van der Waals surface area contributed by atoms with Gasteiger partial charge in [0.1, 0.15) is 5.75 Å². The van der Waals surface area contributed by atoms with Gasteiger partial charge in [-0.3, -0.25) is 4.79 Å². The monoisotopic (exact) mass is 407 g/mol. The van der Waals surface area contributed by atoms with Crippen molar-refractivity contribution in [3.05, 3.63) is 107 Å². The summed E-state index contributed by atoms with van der Waals surface area (Å²) in [7, 11) is 1.67. The maximum Gasteiger partial charge on any atom is 0.228 e.